The molecule has 2 aromatic rings. The van der Waals surface area contributed by atoms with Crippen molar-refractivity contribution >= 4 is 11.9 Å². The zero-order valence-electron chi connectivity index (χ0n) is 10.3. The highest BCUT2D eigenvalue weighted by Gasteiger charge is 2.14. The maximum atomic E-state index is 13.4. The van der Waals surface area contributed by atoms with E-state index in [1.807, 2.05) is 0 Å². The number of allylic oxidation sites excluding steroid dienone is 1. The zero-order chi connectivity index (χ0) is 15.6. The summed E-state index contributed by atoms with van der Waals surface area (Å²) in [6.07, 6.45) is 1.60. The highest BCUT2D eigenvalue weighted by Crippen LogP contribution is 2.17. The van der Waals surface area contributed by atoms with Gasteiger partial charge in [0, 0.05) is 5.56 Å². The topological polar surface area (TPSA) is 17.1 Å². The minimum atomic E-state index is -1.68. The van der Waals surface area contributed by atoms with Gasteiger partial charge in [0.15, 0.2) is 34.9 Å². The van der Waals surface area contributed by atoms with Gasteiger partial charge in [0.1, 0.15) is 0 Å². The molecule has 0 aromatic heterocycles. The van der Waals surface area contributed by atoms with E-state index in [1.54, 1.807) is 0 Å². The van der Waals surface area contributed by atoms with Crippen LogP contribution in [0.5, 0.6) is 0 Å². The standard InChI is InChI=1S/C15H7F5O/c16-10-3-1-2-9(14(10)19)12(21)7-5-8-4-6-11(17)15(20)13(8)18/h1-7H/b7-5+. The normalized spacial score (nSPS) is 11.1. The molecule has 108 valence electrons. The Hall–Kier alpha value is -2.50. The van der Waals surface area contributed by atoms with Crippen molar-refractivity contribution in [2.45, 2.75) is 0 Å². The van der Waals surface area contributed by atoms with E-state index in [2.05, 4.69) is 0 Å². The second-order valence-corrected chi connectivity index (χ2v) is 4.06. The summed E-state index contributed by atoms with van der Waals surface area (Å²) in [4.78, 5) is 11.7. The van der Waals surface area contributed by atoms with Crippen LogP contribution in [0.3, 0.4) is 0 Å². The molecule has 0 aliphatic rings. The molecule has 6 heteroatoms. The summed E-state index contributed by atoms with van der Waals surface area (Å²) in [7, 11) is 0. The Kier molecular flexibility index (Phi) is 4.16. The summed E-state index contributed by atoms with van der Waals surface area (Å²) >= 11 is 0. The number of hydrogen-bond donors (Lipinski definition) is 0. The van der Waals surface area contributed by atoms with Crippen molar-refractivity contribution in [2.24, 2.45) is 0 Å². The van der Waals surface area contributed by atoms with Crippen LogP contribution in [0.2, 0.25) is 0 Å². The second kappa shape index (κ2) is 5.87. The van der Waals surface area contributed by atoms with E-state index in [1.165, 1.54) is 0 Å². The zero-order valence-corrected chi connectivity index (χ0v) is 10.3. The van der Waals surface area contributed by atoms with Crippen molar-refractivity contribution in [1.82, 2.24) is 0 Å². The molecular formula is C15H7F5O. The Bertz CT molecular complexity index is 737. The Morgan fingerprint density at radius 1 is 0.810 bits per heavy atom. The van der Waals surface area contributed by atoms with Crippen LogP contribution in [-0.2, 0) is 0 Å². The molecule has 2 aromatic carbocycles. The average molecular weight is 298 g/mol. The maximum absolute atomic E-state index is 13.4. The summed E-state index contributed by atoms with van der Waals surface area (Å²) in [6.45, 7) is 0. The molecule has 0 bridgehead atoms. The number of ketones is 1. The van der Waals surface area contributed by atoms with Crippen LogP contribution in [0, 0.1) is 29.1 Å². The molecule has 0 saturated carbocycles. The van der Waals surface area contributed by atoms with E-state index in [0.717, 1.165) is 36.4 Å². The van der Waals surface area contributed by atoms with Gasteiger partial charge in [-0.3, -0.25) is 4.79 Å². The smallest absolute Gasteiger partial charge is 0.195 e. The summed E-state index contributed by atoms with van der Waals surface area (Å²) < 4.78 is 65.4. The van der Waals surface area contributed by atoms with Crippen molar-refractivity contribution in [3.63, 3.8) is 0 Å². The predicted octanol–water partition coefficient (Wildman–Crippen LogP) is 4.28. The van der Waals surface area contributed by atoms with Gasteiger partial charge < -0.3 is 0 Å². The first-order valence-electron chi connectivity index (χ1n) is 5.71. The molecule has 0 spiro atoms. The van der Waals surface area contributed by atoms with Gasteiger partial charge in [-0.15, -0.1) is 0 Å². The molecule has 0 unspecified atom stereocenters. The van der Waals surface area contributed by atoms with Crippen LogP contribution < -0.4 is 0 Å². The number of benzene rings is 2. The van der Waals surface area contributed by atoms with Gasteiger partial charge >= 0.3 is 0 Å². The number of hydrogen-bond acceptors (Lipinski definition) is 1. The summed E-state index contributed by atoms with van der Waals surface area (Å²) in [6, 6.07) is 4.62. The van der Waals surface area contributed by atoms with E-state index < -0.39 is 40.4 Å². The van der Waals surface area contributed by atoms with Gasteiger partial charge in [0.05, 0.1) is 5.56 Å². The summed E-state index contributed by atoms with van der Waals surface area (Å²) in [5.74, 6) is -7.99. The van der Waals surface area contributed by atoms with Gasteiger partial charge in [-0.2, -0.15) is 0 Å². The monoisotopic (exact) mass is 298 g/mol. The van der Waals surface area contributed by atoms with Crippen molar-refractivity contribution in [3.05, 3.63) is 76.6 Å². The Balaban J connectivity index is 2.32. The Morgan fingerprint density at radius 2 is 1.48 bits per heavy atom. The fourth-order valence-corrected chi connectivity index (χ4v) is 1.62. The van der Waals surface area contributed by atoms with Crippen LogP contribution in [0.4, 0.5) is 22.0 Å². The second-order valence-electron chi connectivity index (χ2n) is 4.06. The lowest BCUT2D eigenvalue weighted by molar-refractivity contribution is 0.104. The highest BCUT2D eigenvalue weighted by molar-refractivity contribution is 6.07. The van der Waals surface area contributed by atoms with Crippen LogP contribution in [0.25, 0.3) is 6.08 Å². The van der Waals surface area contributed by atoms with Crippen molar-refractivity contribution < 1.29 is 26.7 Å². The molecular weight excluding hydrogens is 291 g/mol. The van der Waals surface area contributed by atoms with Gasteiger partial charge in [-0.25, -0.2) is 22.0 Å². The Morgan fingerprint density at radius 3 is 2.19 bits per heavy atom. The Labute approximate surface area is 116 Å². The predicted molar refractivity (Wildman–Crippen MR) is 66.0 cm³/mol. The summed E-state index contributed by atoms with van der Waals surface area (Å²) in [5, 5.41) is 0. The number of carbonyl (C=O) groups excluding carboxylic acids is 1. The van der Waals surface area contributed by atoms with Crippen molar-refractivity contribution in [2.75, 3.05) is 0 Å². The third-order valence-corrected chi connectivity index (χ3v) is 2.70. The van der Waals surface area contributed by atoms with Crippen molar-refractivity contribution in [3.8, 4) is 0 Å². The molecule has 0 fully saturated rings. The highest BCUT2D eigenvalue weighted by atomic mass is 19.2. The fourth-order valence-electron chi connectivity index (χ4n) is 1.62. The minimum absolute atomic E-state index is 0.390. The van der Waals surface area contributed by atoms with E-state index >= 15 is 0 Å². The first-order valence-corrected chi connectivity index (χ1v) is 5.71. The fraction of sp³-hybridized carbons (Fsp3) is 0. The van der Waals surface area contributed by atoms with Gasteiger partial charge in [-0.1, -0.05) is 6.07 Å². The number of halogens is 5. The molecule has 0 N–H and O–H groups in total. The number of carbonyl (C=O) groups is 1. The molecule has 2 rings (SSSR count). The van der Waals surface area contributed by atoms with Crippen LogP contribution in [0.15, 0.2) is 36.4 Å². The molecule has 0 radical (unpaired) electrons. The largest absolute Gasteiger partial charge is 0.289 e. The number of rotatable bonds is 3. The van der Waals surface area contributed by atoms with Crippen LogP contribution in [0.1, 0.15) is 15.9 Å². The lowest BCUT2D eigenvalue weighted by Gasteiger charge is -2.01. The van der Waals surface area contributed by atoms with E-state index in [-0.39, 0.29) is 5.56 Å². The molecule has 0 aliphatic heterocycles. The quantitative estimate of drug-likeness (QED) is 0.358. The molecule has 21 heavy (non-hydrogen) atoms. The van der Waals surface area contributed by atoms with Crippen LogP contribution in [-0.4, -0.2) is 5.78 Å². The van der Waals surface area contributed by atoms with Gasteiger partial charge in [-0.05, 0) is 36.4 Å². The lowest BCUT2D eigenvalue weighted by atomic mass is 10.1. The molecule has 0 saturated heterocycles. The van der Waals surface area contributed by atoms with E-state index in [4.69, 9.17) is 0 Å². The third kappa shape index (κ3) is 2.99. The molecule has 1 nitrogen and oxygen atoms in total. The van der Waals surface area contributed by atoms with E-state index in [0.29, 0.717) is 6.07 Å². The molecule has 0 heterocycles. The lowest BCUT2D eigenvalue weighted by Crippen LogP contribution is -2.01. The molecule has 0 aliphatic carbocycles. The van der Waals surface area contributed by atoms with Gasteiger partial charge in [0.25, 0.3) is 0 Å². The van der Waals surface area contributed by atoms with Gasteiger partial charge in [0.2, 0.25) is 0 Å². The third-order valence-electron chi connectivity index (χ3n) is 2.70. The summed E-state index contributed by atoms with van der Waals surface area (Å²) in [5.41, 5.74) is -0.937. The first-order chi connectivity index (χ1) is 9.91. The minimum Gasteiger partial charge on any atom is -0.289 e. The van der Waals surface area contributed by atoms with E-state index in [9.17, 15) is 26.7 Å². The SMILES string of the molecule is O=C(/C=C/c1ccc(F)c(F)c1F)c1cccc(F)c1F. The first kappa shape index (κ1) is 14.9. The average Bonchev–Trinajstić information content (AvgIpc) is 2.46. The van der Waals surface area contributed by atoms with Crippen molar-refractivity contribution in [1.29, 1.82) is 0 Å². The molecule has 0 amide bonds. The maximum Gasteiger partial charge on any atom is 0.195 e. The van der Waals surface area contributed by atoms with Crippen LogP contribution >= 0.6 is 0 Å². The molecule has 0 atom stereocenters.